The highest BCUT2D eigenvalue weighted by Gasteiger charge is 2.16. The lowest BCUT2D eigenvalue weighted by atomic mass is 10.1. The van der Waals surface area contributed by atoms with E-state index < -0.39 is 6.10 Å². The molecule has 0 aromatic carbocycles. The Morgan fingerprint density at radius 2 is 0.870 bits per heavy atom. The quantitative estimate of drug-likeness (QED) is 0.0421. The first-order valence-electron chi connectivity index (χ1n) is 19.5. The molecule has 0 aliphatic carbocycles. The van der Waals surface area contributed by atoms with Crippen molar-refractivity contribution in [2.45, 2.75) is 200 Å². The molecule has 1 N–H and O–H groups in total. The van der Waals surface area contributed by atoms with E-state index in [0.29, 0.717) is 12.8 Å². The summed E-state index contributed by atoms with van der Waals surface area (Å²) in [5.74, 6) is -0.603. The monoisotopic (exact) mass is 647 g/mol. The molecule has 5 heteroatoms. The molecule has 0 aromatic heterocycles. The number of hydrogen-bond acceptors (Lipinski definition) is 5. The van der Waals surface area contributed by atoms with Crippen LogP contribution in [0.25, 0.3) is 0 Å². The van der Waals surface area contributed by atoms with E-state index in [9.17, 15) is 14.7 Å². The van der Waals surface area contributed by atoms with Gasteiger partial charge in [-0.05, 0) is 70.6 Å². The molecule has 1 atom stereocenters. The zero-order chi connectivity index (χ0) is 33.6. The molecule has 0 spiro atoms. The Bertz CT molecular complexity index is 741. The first kappa shape index (κ1) is 44.1. The van der Waals surface area contributed by atoms with E-state index in [1.165, 1.54) is 116 Å². The second-order valence-electron chi connectivity index (χ2n) is 13.0. The summed E-state index contributed by atoms with van der Waals surface area (Å²) in [6.07, 6.45) is 44.8. The van der Waals surface area contributed by atoms with Gasteiger partial charge in [-0.15, -0.1) is 0 Å². The summed E-state index contributed by atoms with van der Waals surface area (Å²) >= 11 is 0. The first-order valence-corrected chi connectivity index (χ1v) is 19.5. The highest BCUT2D eigenvalue weighted by molar-refractivity contribution is 5.70. The highest BCUT2D eigenvalue weighted by Crippen LogP contribution is 2.13. The number of carbonyl (C=O) groups is 2. The summed E-state index contributed by atoms with van der Waals surface area (Å²) < 4.78 is 10.6. The zero-order valence-electron chi connectivity index (χ0n) is 30.3. The van der Waals surface area contributed by atoms with Gasteiger partial charge in [0.05, 0.1) is 6.61 Å². The van der Waals surface area contributed by atoms with Crippen LogP contribution in [0.2, 0.25) is 0 Å². The Morgan fingerprint density at radius 3 is 1.35 bits per heavy atom. The lowest BCUT2D eigenvalue weighted by Gasteiger charge is -2.15. The molecule has 0 rings (SSSR count). The van der Waals surface area contributed by atoms with Gasteiger partial charge in [0.2, 0.25) is 0 Å². The standard InChI is InChI=1S/C41H74O5/c1-3-5-7-9-11-13-15-17-19-20-22-23-25-27-29-31-33-35-40(43)45-38-39(37-42)46-41(44)36-34-32-30-28-26-24-21-18-16-14-12-10-8-6-4-2/h11,13-14,16-17,19,39,42H,3-10,12,15,18,20-38H2,1-2H3. The van der Waals surface area contributed by atoms with Crippen molar-refractivity contribution in [2.75, 3.05) is 13.2 Å². The number of hydrogen-bond donors (Lipinski definition) is 1. The van der Waals surface area contributed by atoms with Gasteiger partial charge >= 0.3 is 11.9 Å². The van der Waals surface area contributed by atoms with Gasteiger partial charge in [-0.25, -0.2) is 0 Å². The van der Waals surface area contributed by atoms with Crippen LogP contribution in [-0.4, -0.2) is 36.4 Å². The van der Waals surface area contributed by atoms with Crippen molar-refractivity contribution >= 4 is 11.9 Å². The number of aliphatic hydroxyl groups excluding tert-OH is 1. The number of allylic oxidation sites excluding steroid dienone is 6. The molecular formula is C41H74O5. The van der Waals surface area contributed by atoms with Crippen LogP contribution in [0, 0.1) is 0 Å². The average Bonchev–Trinajstić information content (AvgIpc) is 3.06. The van der Waals surface area contributed by atoms with E-state index in [1.54, 1.807) is 0 Å². The van der Waals surface area contributed by atoms with Gasteiger partial charge in [0.25, 0.3) is 0 Å². The van der Waals surface area contributed by atoms with Gasteiger partial charge in [-0.1, -0.05) is 147 Å². The maximum absolute atomic E-state index is 12.2. The first-order chi connectivity index (χ1) is 22.6. The smallest absolute Gasteiger partial charge is 0.306 e. The number of rotatable bonds is 35. The van der Waals surface area contributed by atoms with Gasteiger partial charge in [-0.3, -0.25) is 9.59 Å². The van der Waals surface area contributed by atoms with Crippen molar-refractivity contribution < 1.29 is 24.2 Å². The van der Waals surface area contributed by atoms with E-state index in [1.807, 2.05) is 0 Å². The van der Waals surface area contributed by atoms with Crippen molar-refractivity contribution in [1.82, 2.24) is 0 Å². The number of carbonyl (C=O) groups excluding carboxylic acids is 2. The third-order valence-electron chi connectivity index (χ3n) is 8.41. The van der Waals surface area contributed by atoms with Crippen molar-refractivity contribution in [2.24, 2.45) is 0 Å². The summed E-state index contributed by atoms with van der Waals surface area (Å²) in [5, 5.41) is 9.54. The van der Waals surface area contributed by atoms with Crippen molar-refractivity contribution in [3.05, 3.63) is 36.5 Å². The molecular weight excluding hydrogens is 572 g/mol. The molecule has 1 unspecified atom stereocenters. The Morgan fingerprint density at radius 1 is 0.500 bits per heavy atom. The van der Waals surface area contributed by atoms with Gasteiger partial charge in [0, 0.05) is 12.8 Å². The average molecular weight is 647 g/mol. The largest absolute Gasteiger partial charge is 0.462 e. The molecule has 0 heterocycles. The van der Waals surface area contributed by atoms with Gasteiger partial charge in [-0.2, -0.15) is 0 Å². The second-order valence-corrected chi connectivity index (χ2v) is 13.0. The SMILES string of the molecule is CCCCCC=CCC=CCCCCCCCCCC(=O)OCC(CO)OC(=O)CCCCCCCCCC=CCCCCCC. The Hall–Kier alpha value is -1.88. The van der Waals surface area contributed by atoms with Crippen LogP contribution < -0.4 is 0 Å². The van der Waals surface area contributed by atoms with Crippen LogP contribution in [-0.2, 0) is 19.1 Å². The normalized spacial score (nSPS) is 12.5. The van der Waals surface area contributed by atoms with E-state index in [2.05, 4.69) is 50.3 Å². The summed E-state index contributed by atoms with van der Waals surface area (Å²) in [4.78, 5) is 24.2. The molecule has 0 fully saturated rings. The Labute approximate surface area is 285 Å². The van der Waals surface area contributed by atoms with Crippen molar-refractivity contribution in [1.29, 1.82) is 0 Å². The van der Waals surface area contributed by atoms with E-state index in [0.717, 1.165) is 51.4 Å². The minimum atomic E-state index is -0.774. The summed E-state index contributed by atoms with van der Waals surface area (Å²) in [6, 6.07) is 0. The molecule has 0 radical (unpaired) electrons. The van der Waals surface area contributed by atoms with E-state index in [-0.39, 0.29) is 25.2 Å². The number of aliphatic hydroxyl groups is 1. The molecule has 0 aliphatic rings. The minimum absolute atomic E-state index is 0.0706. The molecule has 46 heavy (non-hydrogen) atoms. The van der Waals surface area contributed by atoms with Crippen LogP contribution in [0.3, 0.4) is 0 Å². The summed E-state index contributed by atoms with van der Waals surface area (Å²) in [7, 11) is 0. The molecule has 0 bridgehead atoms. The van der Waals surface area contributed by atoms with Crippen molar-refractivity contribution in [3.8, 4) is 0 Å². The number of unbranched alkanes of at least 4 members (excludes halogenated alkanes) is 21. The van der Waals surface area contributed by atoms with E-state index in [4.69, 9.17) is 9.47 Å². The van der Waals surface area contributed by atoms with E-state index >= 15 is 0 Å². The van der Waals surface area contributed by atoms with Gasteiger partial charge in [0.15, 0.2) is 6.10 Å². The second kappa shape index (κ2) is 37.6. The van der Waals surface area contributed by atoms with Crippen LogP contribution in [0.1, 0.15) is 194 Å². The molecule has 0 saturated carbocycles. The molecule has 0 saturated heterocycles. The maximum atomic E-state index is 12.2. The zero-order valence-corrected chi connectivity index (χ0v) is 30.3. The fourth-order valence-electron chi connectivity index (χ4n) is 5.40. The fraction of sp³-hybridized carbons (Fsp3) is 0.805. The Kier molecular flexibility index (Phi) is 36.0. The summed E-state index contributed by atoms with van der Waals surface area (Å²) in [5.41, 5.74) is 0. The maximum Gasteiger partial charge on any atom is 0.306 e. The predicted octanol–water partition coefficient (Wildman–Crippen LogP) is 12.1. The molecule has 0 aromatic rings. The highest BCUT2D eigenvalue weighted by atomic mass is 16.6. The molecule has 0 amide bonds. The molecule has 268 valence electrons. The third kappa shape index (κ3) is 35.0. The Balaban J connectivity index is 3.57. The fourth-order valence-corrected chi connectivity index (χ4v) is 5.40. The van der Waals surface area contributed by atoms with Crippen LogP contribution in [0.5, 0.6) is 0 Å². The van der Waals surface area contributed by atoms with Crippen LogP contribution in [0.15, 0.2) is 36.5 Å². The minimum Gasteiger partial charge on any atom is -0.462 e. The van der Waals surface area contributed by atoms with Crippen molar-refractivity contribution in [3.63, 3.8) is 0 Å². The van der Waals surface area contributed by atoms with Crippen LogP contribution >= 0.6 is 0 Å². The third-order valence-corrected chi connectivity index (χ3v) is 8.41. The summed E-state index contributed by atoms with van der Waals surface area (Å²) in [6.45, 7) is 4.09. The topological polar surface area (TPSA) is 72.8 Å². The van der Waals surface area contributed by atoms with Gasteiger partial charge < -0.3 is 14.6 Å². The van der Waals surface area contributed by atoms with Crippen LogP contribution in [0.4, 0.5) is 0 Å². The predicted molar refractivity (Wildman–Crippen MR) is 196 cm³/mol. The number of ether oxygens (including phenoxy) is 2. The number of esters is 2. The lowest BCUT2D eigenvalue weighted by molar-refractivity contribution is -0.161. The van der Waals surface area contributed by atoms with Gasteiger partial charge in [0.1, 0.15) is 6.61 Å². The molecule has 0 aliphatic heterocycles. The molecule has 5 nitrogen and oxygen atoms in total. The lowest BCUT2D eigenvalue weighted by Crippen LogP contribution is -2.28.